The Morgan fingerprint density at radius 3 is 2.11 bits per heavy atom. The summed E-state index contributed by atoms with van der Waals surface area (Å²) in [6.07, 6.45) is 4.72. The van der Waals surface area contributed by atoms with Gasteiger partial charge < -0.3 is 14.5 Å². The number of methoxy groups -OCH3 is 1. The first kappa shape index (κ1) is 25.5. The molecule has 1 fully saturated rings. The van der Waals surface area contributed by atoms with Crippen molar-refractivity contribution in [1.29, 1.82) is 0 Å². The van der Waals surface area contributed by atoms with Crippen molar-refractivity contribution < 1.29 is 14.3 Å². The molecule has 36 heavy (non-hydrogen) atoms. The van der Waals surface area contributed by atoms with E-state index in [1.165, 1.54) is 29.7 Å². The lowest BCUT2D eigenvalue weighted by Crippen LogP contribution is -2.50. The maximum atomic E-state index is 13.1. The molecule has 2 aromatic carbocycles. The topological polar surface area (TPSA) is 78.9 Å². The summed E-state index contributed by atoms with van der Waals surface area (Å²) in [4.78, 5) is 40.0. The van der Waals surface area contributed by atoms with Gasteiger partial charge in [-0.3, -0.25) is 19.5 Å². The van der Waals surface area contributed by atoms with Gasteiger partial charge in [-0.15, -0.1) is 0 Å². The molecule has 0 saturated carbocycles. The van der Waals surface area contributed by atoms with E-state index in [-0.39, 0.29) is 30.0 Å². The van der Waals surface area contributed by atoms with E-state index in [4.69, 9.17) is 4.74 Å². The largest absolute Gasteiger partial charge is 0.383 e. The lowest BCUT2D eigenvalue weighted by molar-refractivity contribution is -0.133. The molecule has 8 nitrogen and oxygen atoms in total. The number of ether oxygens (including phenoxy) is 1. The Bertz CT molecular complexity index is 1050. The first-order valence-corrected chi connectivity index (χ1v) is 12.3. The summed E-state index contributed by atoms with van der Waals surface area (Å²) in [5.41, 5.74) is 2.77. The van der Waals surface area contributed by atoms with Crippen LogP contribution < -0.4 is 0 Å². The lowest BCUT2D eigenvalue weighted by Gasteiger charge is -2.40. The third kappa shape index (κ3) is 6.53. The second-order valence-electron chi connectivity index (χ2n) is 8.77. The van der Waals surface area contributed by atoms with E-state index in [0.29, 0.717) is 32.8 Å². The second-order valence-corrected chi connectivity index (χ2v) is 8.77. The van der Waals surface area contributed by atoms with E-state index in [1.807, 2.05) is 17.0 Å². The normalized spacial score (nSPS) is 14.1. The van der Waals surface area contributed by atoms with E-state index in [0.717, 1.165) is 13.1 Å². The van der Waals surface area contributed by atoms with Gasteiger partial charge in [-0.05, 0) is 11.1 Å². The van der Waals surface area contributed by atoms with Crippen LogP contribution in [-0.4, -0.2) is 89.5 Å². The summed E-state index contributed by atoms with van der Waals surface area (Å²) in [5, 5.41) is 0. The first-order chi connectivity index (χ1) is 17.7. The van der Waals surface area contributed by atoms with E-state index in [9.17, 15) is 9.59 Å². The summed E-state index contributed by atoms with van der Waals surface area (Å²) < 4.78 is 5.16. The van der Waals surface area contributed by atoms with Gasteiger partial charge >= 0.3 is 0 Å². The molecule has 1 aliphatic heterocycles. The number of rotatable bonds is 10. The van der Waals surface area contributed by atoms with Gasteiger partial charge in [0.05, 0.1) is 18.8 Å². The Morgan fingerprint density at radius 1 is 0.917 bits per heavy atom. The summed E-state index contributed by atoms with van der Waals surface area (Å²) in [5.74, 6) is -0.189. The van der Waals surface area contributed by atoms with Crippen molar-refractivity contribution in [3.8, 4) is 0 Å². The van der Waals surface area contributed by atoms with Crippen molar-refractivity contribution in [2.24, 2.45) is 0 Å². The van der Waals surface area contributed by atoms with Gasteiger partial charge in [0.15, 0.2) is 0 Å². The quantitative estimate of drug-likeness (QED) is 0.438. The van der Waals surface area contributed by atoms with Gasteiger partial charge in [0.1, 0.15) is 5.69 Å². The number of hydrogen-bond donors (Lipinski definition) is 0. The van der Waals surface area contributed by atoms with Crippen LogP contribution in [0, 0.1) is 0 Å². The van der Waals surface area contributed by atoms with Crippen molar-refractivity contribution in [3.63, 3.8) is 0 Å². The van der Waals surface area contributed by atoms with Crippen LogP contribution in [0.5, 0.6) is 0 Å². The number of piperazine rings is 1. The number of benzene rings is 2. The SMILES string of the molecule is COCCN(CCC(=O)N1CCN(C(c2ccccc2)c2ccccc2)CC1)C(=O)c1cnccn1. The van der Waals surface area contributed by atoms with Crippen LogP contribution in [0.25, 0.3) is 0 Å². The average Bonchev–Trinajstić information content (AvgIpc) is 2.95. The Morgan fingerprint density at radius 2 is 1.56 bits per heavy atom. The number of amides is 2. The molecule has 3 aromatic rings. The van der Waals surface area contributed by atoms with Crippen LogP contribution in [0.1, 0.15) is 34.1 Å². The highest BCUT2D eigenvalue weighted by molar-refractivity contribution is 5.92. The van der Waals surface area contributed by atoms with Crippen LogP contribution in [-0.2, 0) is 9.53 Å². The molecule has 2 amide bonds. The molecule has 1 aliphatic rings. The van der Waals surface area contributed by atoms with Gasteiger partial charge in [0.2, 0.25) is 5.91 Å². The summed E-state index contributed by atoms with van der Waals surface area (Å²) in [6.45, 7) is 3.98. The first-order valence-electron chi connectivity index (χ1n) is 12.3. The summed E-state index contributed by atoms with van der Waals surface area (Å²) in [6, 6.07) is 21.2. The van der Waals surface area contributed by atoms with Crippen LogP contribution in [0.15, 0.2) is 79.3 Å². The molecular formula is C28H33N5O3. The molecule has 0 unspecified atom stereocenters. The van der Waals surface area contributed by atoms with Gasteiger partial charge in [-0.1, -0.05) is 60.7 Å². The monoisotopic (exact) mass is 487 g/mol. The minimum absolute atomic E-state index is 0.0555. The molecular weight excluding hydrogens is 454 g/mol. The predicted octanol–water partition coefficient (Wildman–Crippen LogP) is 2.89. The Hall–Kier alpha value is -3.62. The van der Waals surface area contributed by atoms with Crippen LogP contribution >= 0.6 is 0 Å². The minimum atomic E-state index is -0.244. The third-order valence-corrected chi connectivity index (χ3v) is 6.49. The van der Waals surface area contributed by atoms with Crippen molar-refractivity contribution in [2.45, 2.75) is 12.5 Å². The molecule has 0 aliphatic carbocycles. The molecule has 0 radical (unpaired) electrons. The lowest BCUT2D eigenvalue weighted by atomic mass is 9.96. The smallest absolute Gasteiger partial charge is 0.274 e. The second kappa shape index (κ2) is 12.9. The fourth-order valence-electron chi connectivity index (χ4n) is 4.59. The molecule has 0 atom stereocenters. The molecule has 1 saturated heterocycles. The fraction of sp³-hybridized carbons (Fsp3) is 0.357. The van der Waals surface area contributed by atoms with E-state index in [2.05, 4.69) is 63.4 Å². The highest BCUT2D eigenvalue weighted by atomic mass is 16.5. The molecule has 0 spiro atoms. The summed E-state index contributed by atoms with van der Waals surface area (Å²) in [7, 11) is 1.59. The van der Waals surface area contributed by atoms with E-state index in [1.54, 1.807) is 12.0 Å². The van der Waals surface area contributed by atoms with Crippen molar-refractivity contribution in [2.75, 3.05) is 53.0 Å². The van der Waals surface area contributed by atoms with E-state index < -0.39 is 0 Å². The van der Waals surface area contributed by atoms with Crippen molar-refractivity contribution in [3.05, 3.63) is 96.1 Å². The van der Waals surface area contributed by atoms with Crippen molar-refractivity contribution >= 4 is 11.8 Å². The Kier molecular flexibility index (Phi) is 9.13. The molecule has 188 valence electrons. The van der Waals surface area contributed by atoms with Crippen molar-refractivity contribution in [1.82, 2.24) is 24.7 Å². The summed E-state index contributed by atoms with van der Waals surface area (Å²) >= 11 is 0. The number of aromatic nitrogens is 2. The number of carbonyl (C=O) groups is 2. The van der Waals surface area contributed by atoms with Gasteiger partial charge in [0.25, 0.3) is 5.91 Å². The van der Waals surface area contributed by atoms with Crippen LogP contribution in [0.2, 0.25) is 0 Å². The highest BCUT2D eigenvalue weighted by Gasteiger charge is 2.28. The average molecular weight is 488 g/mol. The zero-order chi connectivity index (χ0) is 25.2. The molecule has 1 aromatic heterocycles. The number of carbonyl (C=O) groups excluding carboxylic acids is 2. The van der Waals surface area contributed by atoms with E-state index >= 15 is 0 Å². The zero-order valence-electron chi connectivity index (χ0n) is 20.7. The number of hydrogen-bond acceptors (Lipinski definition) is 6. The maximum absolute atomic E-state index is 13.1. The molecule has 0 bridgehead atoms. The third-order valence-electron chi connectivity index (χ3n) is 6.49. The Balaban J connectivity index is 1.36. The predicted molar refractivity (Wildman–Crippen MR) is 137 cm³/mol. The molecule has 0 N–H and O–H groups in total. The van der Waals surface area contributed by atoms with Crippen LogP contribution in [0.4, 0.5) is 0 Å². The zero-order valence-corrected chi connectivity index (χ0v) is 20.7. The molecule has 4 rings (SSSR count). The molecule has 8 heteroatoms. The van der Waals surface area contributed by atoms with Gasteiger partial charge in [-0.2, -0.15) is 0 Å². The van der Waals surface area contributed by atoms with Gasteiger partial charge in [-0.25, -0.2) is 4.98 Å². The maximum Gasteiger partial charge on any atom is 0.274 e. The standard InChI is InChI=1S/C28H33N5O3/c1-36-21-20-33(28(35)25-22-29-13-14-30-25)15-12-26(34)31-16-18-32(19-17-31)27(23-8-4-2-5-9-23)24-10-6-3-7-11-24/h2-11,13-14,22,27H,12,15-21H2,1H3. The number of nitrogens with zero attached hydrogens (tertiary/aromatic N) is 5. The minimum Gasteiger partial charge on any atom is -0.383 e. The van der Waals surface area contributed by atoms with Crippen LogP contribution in [0.3, 0.4) is 0 Å². The van der Waals surface area contributed by atoms with Gasteiger partial charge in [0, 0.05) is 65.2 Å². The Labute approximate surface area is 212 Å². The molecule has 2 heterocycles. The fourth-order valence-corrected chi connectivity index (χ4v) is 4.59. The highest BCUT2D eigenvalue weighted by Crippen LogP contribution is 2.29.